The van der Waals surface area contributed by atoms with Gasteiger partial charge >= 0.3 is 0 Å². The minimum Gasteiger partial charge on any atom is -0.506 e. The van der Waals surface area contributed by atoms with Crippen LogP contribution in [0.25, 0.3) is 0 Å². The smallest absolute Gasteiger partial charge is 0.134 e. The van der Waals surface area contributed by atoms with E-state index < -0.39 is 0 Å². The molecule has 0 bridgehead atoms. The minimum atomic E-state index is 0.0664. The number of anilines is 1. The van der Waals surface area contributed by atoms with Crippen LogP contribution in [-0.4, -0.2) is 12.2 Å². The Kier molecular flexibility index (Phi) is 4.17. The summed E-state index contributed by atoms with van der Waals surface area (Å²) in [5.74, 6) is 0.921. The van der Waals surface area contributed by atoms with Crippen molar-refractivity contribution in [2.75, 3.05) is 12.4 Å². The van der Waals surface area contributed by atoms with Gasteiger partial charge in [0.2, 0.25) is 0 Å². The Morgan fingerprint density at radius 3 is 2.63 bits per heavy atom. The third kappa shape index (κ3) is 3.12. The summed E-state index contributed by atoms with van der Waals surface area (Å²) in [4.78, 5) is 0. The molecule has 1 atom stereocenters. The van der Waals surface area contributed by atoms with Crippen molar-refractivity contribution in [1.29, 1.82) is 0 Å². The molecule has 0 fully saturated rings. The highest BCUT2D eigenvalue weighted by Gasteiger charge is 2.11. The Balaban J connectivity index is 2.20. The molecule has 0 aliphatic heterocycles. The molecule has 2 aromatic rings. The highest BCUT2D eigenvalue weighted by Crippen LogP contribution is 2.30. The number of methoxy groups -OCH3 is 1. The van der Waals surface area contributed by atoms with Crippen molar-refractivity contribution in [2.24, 2.45) is 0 Å². The molecule has 0 aromatic heterocycles. The monoisotopic (exact) mass is 277 g/mol. The molecular weight excluding hydrogens is 262 g/mol. The number of benzene rings is 2. The van der Waals surface area contributed by atoms with Gasteiger partial charge in [-0.3, -0.25) is 0 Å². The fourth-order valence-electron chi connectivity index (χ4n) is 1.95. The number of nitrogens with one attached hydrogen (secondary N) is 1. The van der Waals surface area contributed by atoms with Crippen LogP contribution in [0.4, 0.5) is 5.69 Å². The van der Waals surface area contributed by atoms with Gasteiger partial charge in [-0.2, -0.15) is 0 Å². The molecule has 0 aliphatic carbocycles. The average molecular weight is 278 g/mol. The van der Waals surface area contributed by atoms with Gasteiger partial charge in [-0.05, 0) is 31.2 Å². The van der Waals surface area contributed by atoms with Gasteiger partial charge in [-0.1, -0.05) is 29.8 Å². The van der Waals surface area contributed by atoms with Crippen LogP contribution in [0.5, 0.6) is 11.5 Å². The van der Waals surface area contributed by atoms with E-state index in [2.05, 4.69) is 5.32 Å². The Labute approximate surface area is 117 Å². The lowest BCUT2D eigenvalue weighted by Crippen LogP contribution is -2.08. The second-order valence-electron chi connectivity index (χ2n) is 4.27. The molecule has 2 aromatic carbocycles. The number of hydrogen-bond acceptors (Lipinski definition) is 3. The molecule has 0 radical (unpaired) electrons. The largest absolute Gasteiger partial charge is 0.506 e. The molecule has 4 heteroatoms. The van der Waals surface area contributed by atoms with Gasteiger partial charge in [-0.25, -0.2) is 0 Å². The number of aromatic hydroxyl groups is 1. The minimum absolute atomic E-state index is 0.0664. The summed E-state index contributed by atoms with van der Waals surface area (Å²) in [6.07, 6.45) is 0. The van der Waals surface area contributed by atoms with E-state index in [1.54, 1.807) is 25.3 Å². The van der Waals surface area contributed by atoms with E-state index in [-0.39, 0.29) is 11.8 Å². The van der Waals surface area contributed by atoms with Crippen molar-refractivity contribution >= 4 is 17.3 Å². The van der Waals surface area contributed by atoms with Crippen LogP contribution in [-0.2, 0) is 0 Å². The number of ether oxygens (including phenoxy) is 1. The molecule has 1 unspecified atom stereocenters. The van der Waals surface area contributed by atoms with Gasteiger partial charge in [0.1, 0.15) is 11.5 Å². The van der Waals surface area contributed by atoms with Gasteiger partial charge in [-0.15, -0.1) is 0 Å². The van der Waals surface area contributed by atoms with Crippen LogP contribution in [0.1, 0.15) is 18.5 Å². The maximum absolute atomic E-state index is 9.40. The van der Waals surface area contributed by atoms with Gasteiger partial charge in [0, 0.05) is 11.3 Å². The third-order valence-electron chi connectivity index (χ3n) is 2.94. The Hall–Kier alpha value is -1.87. The van der Waals surface area contributed by atoms with Crippen LogP contribution in [0.15, 0.2) is 42.5 Å². The Morgan fingerprint density at radius 1 is 1.21 bits per heavy atom. The predicted molar refractivity (Wildman–Crippen MR) is 78.1 cm³/mol. The van der Waals surface area contributed by atoms with E-state index in [0.29, 0.717) is 5.02 Å². The van der Waals surface area contributed by atoms with Crippen LogP contribution in [0.3, 0.4) is 0 Å². The number of phenolic OH excluding ortho intramolecular Hbond substituents is 1. The Morgan fingerprint density at radius 2 is 1.95 bits per heavy atom. The van der Waals surface area contributed by atoms with Gasteiger partial charge in [0.15, 0.2) is 0 Å². The number of halogens is 1. The van der Waals surface area contributed by atoms with E-state index in [1.807, 2.05) is 31.2 Å². The zero-order valence-electron chi connectivity index (χ0n) is 10.9. The highest BCUT2D eigenvalue weighted by atomic mass is 35.5. The summed E-state index contributed by atoms with van der Waals surface area (Å²) in [6.45, 7) is 2.04. The van der Waals surface area contributed by atoms with Gasteiger partial charge in [0.05, 0.1) is 18.2 Å². The van der Waals surface area contributed by atoms with Crippen molar-refractivity contribution < 1.29 is 9.84 Å². The molecule has 100 valence electrons. The summed E-state index contributed by atoms with van der Waals surface area (Å²) >= 11 is 5.89. The first-order chi connectivity index (χ1) is 9.11. The zero-order chi connectivity index (χ0) is 13.8. The van der Waals surface area contributed by atoms with E-state index in [9.17, 15) is 5.11 Å². The zero-order valence-corrected chi connectivity index (χ0v) is 11.6. The number of hydrogen-bond donors (Lipinski definition) is 2. The number of para-hydroxylation sites is 1. The standard InChI is InChI=1S/C15H16ClNO2/c1-10(12-5-3-4-6-15(12)19-2)17-11-7-8-14(18)13(16)9-11/h3-10,17-18H,1-2H3. The number of rotatable bonds is 4. The second-order valence-corrected chi connectivity index (χ2v) is 4.68. The molecule has 0 spiro atoms. The quantitative estimate of drug-likeness (QED) is 0.822. The van der Waals surface area contributed by atoms with Crippen molar-refractivity contribution in [1.82, 2.24) is 0 Å². The topological polar surface area (TPSA) is 41.5 Å². The molecule has 0 saturated heterocycles. The summed E-state index contributed by atoms with van der Waals surface area (Å²) < 4.78 is 5.34. The second kappa shape index (κ2) is 5.85. The SMILES string of the molecule is COc1ccccc1C(C)Nc1ccc(O)c(Cl)c1. The van der Waals surface area contributed by atoms with Crippen LogP contribution in [0.2, 0.25) is 5.02 Å². The van der Waals surface area contributed by atoms with Gasteiger partial charge in [0.25, 0.3) is 0 Å². The van der Waals surface area contributed by atoms with E-state index in [1.165, 1.54) is 0 Å². The van der Waals surface area contributed by atoms with Crippen LogP contribution in [0, 0.1) is 0 Å². The molecule has 0 amide bonds. The lowest BCUT2D eigenvalue weighted by Gasteiger charge is -2.18. The first kappa shape index (κ1) is 13.6. The number of phenols is 1. The van der Waals surface area contributed by atoms with E-state index in [0.717, 1.165) is 17.0 Å². The first-order valence-corrected chi connectivity index (χ1v) is 6.37. The molecule has 0 heterocycles. The fraction of sp³-hybridized carbons (Fsp3) is 0.200. The van der Waals surface area contributed by atoms with Crippen LogP contribution < -0.4 is 10.1 Å². The van der Waals surface area contributed by atoms with Crippen molar-refractivity contribution in [2.45, 2.75) is 13.0 Å². The molecular formula is C15H16ClNO2. The van der Waals surface area contributed by atoms with Gasteiger partial charge < -0.3 is 15.2 Å². The molecule has 0 aliphatic rings. The normalized spacial score (nSPS) is 11.9. The lowest BCUT2D eigenvalue weighted by molar-refractivity contribution is 0.408. The molecule has 2 N–H and O–H groups in total. The predicted octanol–water partition coefficient (Wildman–Crippen LogP) is 4.23. The lowest BCUT2D eigenvalue weighted by atomic mass is 10.1. The first-order valence-electron chi connectivity index (χ1n) is 6.00. The van der Waals surface area contributed by atoms with E-state index in [4.69, 9.17) is 16.3 Å². The van der Waals surface area contributed by atoms with Crippen molar-refractivity contribution in [3.8, 4) is 11.5 Å². The molecule has 19 heavy (non-hydrogen) atoms. The van der Waals surface area contributed by atoms with E-state index >= 15 is 0 Å². The molecule has 2 rings (SSSR count). The Bertz CT molecular complexity index is 572. The summed E-state index contributed by atoms with van der Waals surface area (Å²) in [6, 6.07) is 13.0. The average Bonchev–Trinajstić information content (AvgIpc) is 2.43. The maximum atomic E-state index is 9.40. The van der Waals surface area contributed by atoms with Crippen molar-refractivity contribution in [3.63, 3.8) is 0 Å². The fourth-order valence-corrected chi connectivity index (χ4v) is 2.13. The van der Waals surface area contributed by atoms with Crippen molar-refractivity contribution in [3.05, 3.63) is 53.1 Å². The summed E-state index contributed by atoms with van der Waals surface area (Å²) in [5, 5.41) is 13.1. The van der Waals surface area contributed by atoms with Crippen LogP contribution >= 0.6 is 11.6 Å². The third-order valence-corrected chi connectivity index (χ3v) is 3.24. The molecule has 0 saturated carbocycles. The maximum Gasteiger partial charge on any atom is 0.134 e. The molecule has 3 nitrogen and oxygen atoms in total. The summed E-state index contributed by atoms with van der Waals surface area (Å²) in [5.41, 5.74) is 1.91. The summed E-state index contributed by atoms with van der Waals surface area (Å²) in [7, 11) is 1.66. The highest BCUT2D eigenvalue weighted by molar-refractivity contribution is 6.32.